The Morgan fingerprint density at radius 2 is 2.50 bits per heavy atom. The summed E-state index contributed by atoms with van der Waals surface area (Å²) in [5.41, 5.74) is 0. The van der Waals surface area contributed by atoms with Gasteiger partial charge in [0.25, 0.3) is 0 Å². The van der Waals surface area contributed by atoms with Gasteiger partial charge in [-0.3, -0.25) is 0 Å². The van der Waals surface area contributed by atoms with E-state index in [1.807, 2.05) is 6.08 Å². The van der Waals surface area contributed by atoms with Gasteiger partial charge in [0.2, 0.25) is 0 Å². The average Bonchev–Trinajstić information content (AvgIpc) is 1.68. The standard InChI is InChI=1S/C3H9N2Si2.Na.H/c1-2-3-7(6)5-4;;/h2,7H,1,3H2,6H3;;/q2*+1;-1. The predicted molar refractivity (Wildman–Crippen MR) is 38.3 cm³/mol. The molecule has 0 aromatic rings. The second-order valence-corrected chi connectivity index (χ2v) is 7.89. The van der Waals surface area contributed by atoms with E-state index in [0.717, 1.165) is 15.8 Å². The summed E-state index contributed by atoms with van der Waals surface area (Å²) < 4.78 is 3.21. The minimum absolute atomic E-state index is 0. The molecular weight excluding hydrogens is 143 g/mol. The smallest absolute Gasteiger partial charge is 1.00 e. The summed E-state index contributed by atoms with van der Waals surface area (Å²) in [6.45, 7) is 3.53. The molecule has 0 heterocycles. The number of hydrogen-bond donors (Lipinski definition) is 0. The van der Waals surface area contributed by atoms with Crippen molar-refractivity contribution in [3.8, 4) is 0 Å². The van der Waals surface area contributed by atoms with Gasteiger partial charge in [0.15, 0.2) is 5.39 Å². The molecule has 0 spiro atoms. The van der Waals surface area contributed by atoms with E-state index in [1.165, 1.54) is 0 Å². The topological polar surface area (TPSA) is 28.1 Å². The summed E-state index contributed by atoms with van der Waals surface area (Å²) in [6.07, 6.45) is 1.82. The molecule has 8 heavy (non-hydrogen) atoms. The van der Waals surface area contributed by atoms with Crippen LogP contribution in [0.3, 0.4) is 0 Å². The van der Waals surface area contributed by atoms with Crippen LogP contribution in [0.4, 0.5) is 0 Å². The maximum atomic E-state index is 8.14. The Labute approximate surface area is 77.7 Å². The van der Waals surface area contributed by atoms with Gasteiger partial charge in [-0.2, -0.15) is 0 Å². The second kappa shape index (κ2) is 7.59. The minimum atomic E-state index is -0.980. The van der Waals surface area contributed by atoms with Gasteiger partial charge in [-0.25, -0.2) is 0 Å². The molecule has 5 heteroatoms. The van der Waals surface area contributed by atoms with Crippen LogP contribution in [0.2, 0.25) is 6.04 Å². The first-order valence-electron chi connectivity index (χ1n) is 2.26. The molecule has 0 N–H and O–H groups in total. The van der Waals surface area contributed by atoms with E-state index >= 15 is 0 Å². The maximum Gasteiger partial charge on any atom is 1.00 e. The van der Waals surface area contributed by atoms with Gasteiger partial charge < -0.3 is 1.43 Å². The van der Waals surface area contributed by atoms with Crippen LogP contribution in [-0.2, 0) is 0 Å². The Kier molecular flexibility index (Phi) is 10.8. The summed E-state index contributed by atoms with van der Waals surface area (Å²) in [7, 11) is 0.0705. The molecule has 0 aliphatic rings. The van der Waals surface area contributed by atoms with Crippen LogP contribution in [0.25, 0.3) is 4.64 Å². The number of hydrogen-bond acceptors (Lipinski definition) is 1. The van der Waals surface area contributed by atoms with Crippen molar-refractivity contribution in [1.29, 1.82) is 5.39 Å². The largest absolute Gasteiger partial charge is 1.00 e. The van der Waals surface area contributed by atoms with Crippen LogP contribution < -0.4 is 29.6 Å². The third-order valence-corrected chi connectivity index (χ3v) is 4.22. The van der Waals surface area contributed by atoms with Crippen molar-refractivity contribution in [2.24, 2.45) is 0 Å². The van der Waals surface area contributed by atoms with Crippen molar-refractivity contribution < 1.29 is 31.0 Å². The SMILES string of the molecule is C=CC[SiH]([SiH3])[N+]#N.[H-].[Na+]. The zero-order chi connectivity index (χ0) is 5.70. The first-order chi connectivity index (χ1) is 3.31. The van der Waals surface area contributed by atoms with Gasteiger partial charge in [0.05, 0.1) is 0 Å². The van der Waals surface area contributed by atoms with E-state index in [-0.39, 0.29) is 31.0 Å². The monoisotopic (exact) mass is 153 g/mol. The molecular formula is C3H10N2NaSi2+. The van der Waals surface area contributed by atoms with Crippen LogP contribution in [0.1, 0.15) is 1.43 Å². The first-order valence-corrected chi connectivity index (χ1v) is 8.21. The molecule has 0 rings (SSSR count). The predicted octanol–water partition coefficient (Wildman–Crippen LogP) is -3.27. The van der Waals surface area contributed by atoms with E-state index in [0.29, 0.717) is 0 Å². The second-order valence-electron chi connectivity index (χ2n) is 1.49. The Balaban J connectivity index is -0.000000180. The molecule has 0 fully saturated rings. The summed E-state index contributed by atoms with van der Waals surface area (Å²) >= 11 is 0. The number of nitrogens with zero attached hydrogens (tertiary/aromatic N) is 2. The third kappa shape index (κ3) is 6.59. The Bertz CT molecular complexity index is 104. The molecule has 1 atom stereocenters. The molecule has 0 saturated heterocycles. The van der Waals surface area contributed by atoms with Crippen molar-refractivity contribution in [1.82, 2.24) is 0 Å². The van der Waals surface area contributed by atoms with Crippen molar-refractivity contribution >= 4 is 18.2 Å². The molecule has 0 aromatic carbocycles. The van der Waals surface area contributed by atoms with Crippen LogP contribution >= 0.6 is 0 Å². The Hall–Kier alpha value is 0.594. The van der Waals surface area contributed by atoms with Crippen molar-refractivity contribution in [3.63, 3.8) is 0 Å². The summed E-state index contributed by atoms with van der Waals surface area (Å²) in [5.74, 6) is 0. The van der Waals surface area contributed by atoms with Gasteiger partial charge in [0, 0.05) is 6.04 Å². The molecule has 0 radical (unpaired) electrons. The fraction of sp³-hybridized carbons (Fsp3) is 0.333. The molecule has 0 bridgehead atoms. The van der Waals surface area contributed by atoms with Crippen LogP contribution in [0, 0.1) is 5.39 Å². The van der Waals surface area contributed by atoms with E-state index in [9.17, 15) is 0 Å². The summed E-state index contributed by atoms with van der Waals surface area (Å²) in [4.78, 5) is 0. The average molecular weight is 153 g/mol. The molecule has 0 aliphatic carbocycles. The molecule has 0 saturated carbocycles. The fourth-order valence-corrected chi connectivity index (χ4v) is 1.87. The van der Waals surface area contributed by atoms with Crippen LogP contribution in [-0.4, -0.2) is 18.2 Å². The molecule has 40 valence electrons. The van der Waals surface area contributed by atoms with Gasteiger partial charge in [-0.1, -0.05) is 6.08 Å². The Morgan fingerprint density at radius 3 is 2.62 bits per heavy atom. The Morgan fingerprint density at radius 1 is 2.00 bits per heavy atom. The number of rotatable bonds is 2. The van der Waals surface area contributed by atoms with E-state index in [1.54, 1.807) is 0 Å². The molecule has 1 unspecified atom stereocenters. The van der Waals surface area contributed by atoms with Crippen LogP contribution in [0.15, 0.2) is 12.7 Å². The number of allylic oxidation sites excluding steroid dienone is 1. The maximum absolute atomic E-state index is 8.14. The molecule has 2 nitrogen and oxygen atoms in total. The van der Waals surface area contributed by atoms with Crippen molar-refractivity contribution in [3.05, 3.63) is 17.3 Å². The molecule has 0 aliphatic heterocycles. The van der Waals surface area contributed by atoms with Crippen molar-refractivity contribution in [2.75, 3.05) is 0 Å². The van der Waals surface area contributed by atoms with E-state index in [4.69, 9.17) is 5.39 Å². The van der Waals surface area contributed by atoms with Crippen molar-refractivity contribution in [2.45, 2.75) is 6.04 Å². The molecule has 0 amide bonds. The van der Waals surface area contributed by atoms with Crippen LogP contribution in [0.5, 0.6) is 0 Å². The first kappa shape index (κ1) is 11.4. The zero-order valence-electron chi connectivity index (χ0n) is 6.46. The number of diazo groups is 1. The summed E-state index contributed by atoms with van der Waals surface area (Å²) in [6, 6.07) is 0.947. The zero-order valence-corrected chi connectivity index (χ0v) is 10.6. The van der Waals surface area contributed by atoms with Gasteiger partial charge >= 0.3 is 38.0 Å². The van der Waals surface area contributed by atoms with Gasteiger partial charge in [-0.15, -0.1) is 6.58 Å². The fourth-order valence-electron chi connectivity index (χ4n) is 0.288. The molecule has 0 aromatic heterocycles. The quantitative estimate of drug-likeness (QED) is 0.232. The van der Waals surface area contributed by atoms with E-state index in [2.05, 4.69) is 11.2 Å². The van der Waals surface area contributed by atoms with E-state index < -0.39 is 8.48 Å². The van der Waals surface area contributed by atoms with Gasteiger partial charge in [0.1, 0.15) is 9.76 Å². The third-order valence-electron chi connectivity index (χ3n) is 0.705. The normalized spacial score (nSPS) is 10.9. The summed E-state index contributed by atoms with van der Waals surface area (Å²) in [5, 5.41) is 8.14. The minimum Gasteiger partial charge on any atom is -1.00 e. The van der Waals surface area contributed by atoms with Gasteiger partial charge in [-0.05, 0) is 4.64 Å².